The van der Waals surface area contributed by atoms with Crippen molar-refractivity contribution in [3.8, 4) is 6.07 Å². The molecule has 0 spiro atoms. The van der Waals surface area contributed by atoms with Crippen molar-refractivity contribution in [1.29, 1.82) is 5.26 Å². The summed E-state index contributed by atoms with van der Waals surface area (Å²) in [6, 6.07) is 9.25. The van der Waals surface area contributed by atoms with Crippen LogP contribution in [0.1, 0.15) is 11.1 Å². The summed E-state index contributed by atoms with van der Waals surface area (Å²) >= 11 is 3.16. The van der Waals surface area contributed by atoms with E-state index in [9.17, 15) is 13.2 Å². The number of rotatable bonds is 4. The SMILES string of the molecule is CN(Cc1cc(Br)n(S(=O)(=O)c2ccccc2C#N)c1)C(=O)O. The maximum Gasteiger partial charge on any atom is 0.407 e. The normalized spacial score (nSPS) is 11.0. The second-order valence-electron chi connectivity index (χ2n) is 4.72. The fraction of sp³-hybridized carbons (Fsp3) is 0.143. The second kappa shape index (κ2) is 6.44. The molecule has 0 atom stereocenters. The standard InChI is InChI=1S/C14H12BrN3O4S/c1-17(14(19)20)8-10-6-13(15)18(9-10)23(21,22)12-5-3-2-4-11(12)7-16/h2-6,9H,8H2,1H3,(H,19,20). The summed E-state index contributed by atoms with van der Waals surface area (Å²) in [6.07, 6.45) is 0.207. The molecule has 2 aromatic rings. The third kappa shape index (κ3) is 3.38. The van der Waals surface area contributed by atoms with Gasteiger partial charge < -0.3 is 10.0 Å². The van der Waals surface area contributed by atoms with E-state index >= 15 is 0 Å². The first-order valence-electron chi connectivity index (χ1n) is 6.33. The summed E-state index contributed by atoms with van der Waals surface area (Å²) in [7, 11) is -2.58. The molecular weight excluding hydrogens is 386 g/mol. The average molecular weight is 398 g/mol. The molecule has 1 heterocycles. The van der Waals surface area contributed by atoms with Crippen LogP contribution < -0.4 is 0 Å². The summed E-state index contributed by atoms with van der Waals surface area (Å²) in [5.41, 5.74) is 0.539. The van der Waals surface area contributed by atoms with Gasteiger partial charge in [-0.1, -0.05) is 12.1 Å². The molecule has 0 fully saturated rings. The highest BCUT2D eigenvalue weighted by molar-refractivity contribution is 9.10. The van der Waals surface area contributed by atoms with Gasteiger partial charge in [0.1, 0.15) is 15.6 Å². The summed E-state index contributed by atoms with van der Waals surface area (Å²) in [6.45, 7) is 0.0380. The molecular formula is C14H12BrN3O4S. The smallest absolute Gasteiger partial charge is 0.407 e. The van der Waals surface area contributed by atoms with Crippen LogP contribution >= 0.6 is 15.9 Å². The van der Waals surface area contributed by atoms with Crippen LogP contribution in [-0.4, -0.2) is 35.5 Å². The van der Waals surface area contributed by atoms with E-state index in [1.54, 1.807) is 6.07 Å². The summed E-state index contributed by atoms with van der Waals surface area (Å²) in [4.78, 5) is 11.8. The highest BCUT2D eigenvalue weighted by atomic mass is 79.9. The van der Waals surface area contributed by atoms with Gasteiger partial charge in [-0.3, -0.25) is 0 Å². The van der Waals surface area contributed by atoms with Crippen LogP contribution in [0.5, 0.6) is 0 Å². The van der Waals surface area contributed by atoms with Crippen LogP contribution in [0.15, 0.2) is 46.0 Å². The number of amides is 1. The Hall–Kier alpha value is -2.31. The lowest BCUT2D eigenvalue weighted by Gasteiger charge is -2.11. The molecule has 0 unspecified atom stereocenters. The van der Waals surface area contributed by atoms with E-state index in [0.717, 1.165) is 8.87 Å². The monoisotopic (exact) mass is 397 g/mol. The van der Waals surface area contributed by atoms with Crippen molar-refractivity contribution >= 4 is 32.0 Å². The molecule has 120 valence electrons. The van der Waals surface area contributed by atoms with Gasteiger partial charge in [-0.2, -0.15) is 5.26 Å². The highest BCUT2D eigenvalue weighted by Crippen LogP contribution is 2.25. The molecule has 0 bridgehead atoms. The lowest BCUT2D eigenvalue weighted by atomic mass is 10.2. The fourth-order valence-electron chi connectivity index (χ4n) is 1.97. The zero-order valence-corrected chi connectivity index (χ0v) is 14.4. The summed E-state index contributed by atoms with van der Waals surface area (Å²) < 4.78 is 26.7. The number of benzene rings is 1. The number of carboxylic acid groups (broad SMARTS) is 1. The highest BCUT2D eigenvalue weighted by Gasteiger charge is 2.23. The Morgan fingerprint density at radius 2 is 2.09 bits per heavy atom. The zero-order chi connectivity index (χ0) is 17.2. The van der Waals surface area contributed by atoms with Gasteiger partial charge in [0, 0.05) is 13.2 Å². The largest absolute Gasteiger partial charge is 0.465 e. The summed E-state index contributed by atoms with van der Waals surface area (Å²) in [5.74, 6) is 0. The topological polar surface area (TPSA) is 103 Å². The van der Waals surface area contributed by atoms with Gasteiger partial charge >= 0.3 is 6.09 Å². The number of aromatic nitrogens is 1. The molecule has 1 aromatic heterocycles. The maximum absolute atomic E-state index is 12.7. The molecule has 2 rings (SSSR count). The van der Waals surface area contributed by atoms with Gasteiger partial charge in [-0.25, -0.2) is 17.2 Å². The number of halogens is 1. The van der Waals surface area contributed by atoms with E-state index in [1.165, 1.54) is 37.5 Å². The Morgan fingerprint density at radius 1 is 1.43 bits per heavy atom. The number of hydrogen-bond donors (Lipinski definition) is 1. The van der Waals surface area contributed by atoms with Crippen LogP contribution in [0.25, 0.3) is 0 Å². The van der Waals surface area contributed by atoms with Crippen LogP contribution in [0.4, 0.5) is 4.79 Å². The number of nitrogens with zero attached hydrogens (tertiary/aromatic N) is 3. The Bertz CT molecular complexity index is 899. The fourth-order valence-corrected chi connectivity index (χ4v) is 4.35. The van der Waals surface area contributed by atoms with E-state index in [4.69, 9.17) is 10.4 Å². The van der Waals surface area contributed by atoms with Crippen molar-refractivity contribution in [3.63, 3.8) is 0 Å². The molecule has 1 amide bonds. The molecule has 9 heteroatoms. The zero-order valence-electron chi connectivity index (χ0n) is 12.0. The van der Waals surface area contributed by atoms with Gasteiger partial charge in [-0.15, -0.1) is 0 Å². The molecule has 0 aliphatic heterocycles. The minimum atomic E-state index is -3.97. The first-order chi connectivity index (χ1) is 10.8. The summed E-state index contributed by atoms with van der Waals surface area (Å²) in [5, 5.41) is 18.0. The maximum atomic E-state index is 12.7. The molecule has 7 nitrogen and oxygen atoms in total. The lowest BCUT2D eigenvalue weighted by Crippen LogP contribution is -2.23. The number of carbonyl (C=O) groups is 1. The van der Waals surface area contributed by atoms with Crippen molar-refractivity contribution in [2.45, 2.75) is 11.4 Å². The van der Waals surface area contributed by atoms with Crippen molar-refractivity contribution < 1.29 is 18.3 Å². The van der Waals surface area contributed by atoms with Gasteiger partial charge in [-0.05, 0) is 39.7 Å². The van der Waals surface area contributed by atoms with Crippen molar-refractivity contribution in [2.24, 2.45) is 0 Å². The molecule has 0 radical (unpaired) electrons. The Kier molecular flexibility index (Phi) is 4.77. The van der Waals surface area contributed by atoms with E-state index in [2.05, 4.69) is 15.9 Å². The Morgan fingerprint density at radius 3 is 2.70 bits per heavy atom. The van der Waals surface area contributed by atoms with Crippen molar-refractivity contribution in [2.75, 3.05) is 7.05 Å². The first kappa shape index (κ1) is 17.1. The third-order valence-corrected chi connectivity index (χ3v) is 5.67. The third-order valence-electron chi connectivity index (χ3n) is 3.09. The van der Waals surface area contributed by atoms with Crippen LogP contribution in [-0.2, 0) is 16.6 Å². The lowest BCUT2D eigenvalue weighted by molar-refractivity contribution is 0.154. The van der Waals surface area contributed by atoms with E-state index < -0.39 is 16.1 Å². The Labute approximate surface area is 141 Å². The molecule has 0 aliphatic carbocycles. The van der Waals surface area contributed by atoms with Gasteiger partial charge in [0.25, 0.3) is 10.0 Å². The molecule has 0 aliphatic rings. The minimum absolute atomic E-state index is 0.0380. The van der Waals surface area contributed by atoms with Crippen molar-refractivity contribution in [3.05, 3.63) is 52.3 Å². The van der Waals surface area contributed by atoms with Gasteiger partial charge in [0.2, 0.25) is 0 Å². The molecule has 0 saturated heterocycles. The Balaban J connectivity index is 2.48. The molecule has 1 N–H and O–H groups in total. The predicted octanol–water partition coefficient (Wildman–Crippen LogP) is 2.47. The molecule has 23 heavy (non-hydrogen) atoms. The van der Waals surface area contributed by atoms with Gasteiger partial charge in [0.15, 0.2) is 0 Å². The molecule has 1 aromatic carbocycles. The quantitative estimate of drug-likeness (QED) is 0.852. The minimum Gasteiger partial charge on any atom is -0.465 e. The average Bonchev–Trinajstić information content (AvgIpc) is 2.88. The number of nitriles is 1. The predicted molar refractivity (Wildman–Crippen MR) is 85.4 cm³/mol. The molecule has 0 saturated carbocycles. The number of hydrogen-bond acceptors (Lipinski definition) is 4. The van der Waals surface area contributed by atoms with Crippen LogP contribution in [0.3, 0.4) is 0 Å². The van der Waals surface area contributed by atoms with Gasteiger partial charge in [0.05, 0.1) is 12.1 Å². The van der Waals surface area contributed by atoms with E-state index in [0.29, 0.717) is 5.56 Å². The van der Waals surface area contributed by atoms with Crippen molar-refractivity contribution in [1.82, 2.24) is 8.87 Å². The first-order valence-corrected chi connectivity index (χ1v) is 8.56. The second-order valence-corrected chi connectivity index (χ2v) is 7.31. The van der Waals surface area contributed by atoms with Crippen LogP contribution in [0.2, 0.25) is 0 Å². The van der Waals surface area contributed by atoms with E-state index in [1.807, 2.05) is 6.07 Å². The van der Waals surface area contributed by atoms with E-state index in [-0.39, 0.29) is 21.6 Å². The van der Waals surface area contributed by atoms with Crippen LogP contribution in [0, 0.1) is 11.3 Å².